The van der Waals surface area contributed by atoms with Crippen LogP contribution < -0.4 is 4.72 Å². The molecule has 0 bridgehead atoms. The maximum Gasteiger partial charge on any atom is 0.240 e. The molecule has 0 aromatic heterocycles. The van der Waals surface area contributed by atoms with Crippen LogP contribution in [0.1, 0.15) is 43.2 Å². The number of hydrogen-bond donors (Lipinski definition) is 1. The number of sulfonamides is 1. The summed E-state index contributed by atoms with van der Waals surface area (Å²) in [5, 5.41) is 0. The number of rotatable bonds is 10. The predicted molar refractivity (Wildman–Crippen MR) is 131 cm³/mol. The number of carbonyl (C=O) groups excluding carboxylic acids is 2. The molecule has 1 heterocycles. The Morgan fingerprint density at radius 2 is 1.32 bits per heavy atom. The first kappa shape index (κ1) is 24.4. The molecule has 8 heteroatoms. The quantitative estimate of drug-likeness (QED) is 0.563. The number of aryl methyl sites for hydroxylation is 2. The molecule has 2 aromatic rings. The molecule has 4 rings (SSSR count). The molecule has 2 amide bonds. The lowest BCUT2D eigenvalue weighted by atomic mass is 10.1. The average molecular weight is 484 g/mol. The second-order valence-corrected chi connectivity index (χ2v) is 10.9. The molecular formula is C26H33N3O4S. The third-order valence-corrected chi connectivity index (χ3v) is 7.98. The summed E-state index contributed by atoms with van der Waals surface area (Å²) >= 11 is 0. The van der Waals surface area contributed by atoms with Gasteiger partial charge in [-0.1, -0.05) is 42.5 Å². The number of benzene rings is 2. The third-order valence-electron chi connectivity index (χ3n) is 6.44. The van der Waals surface area contributed by atoms with Crippen molar-refractivity contribution in [3.63, 3.8) is 0 Å². The van der Waals surface area contributed by atoms with Crippen LogP contribution in [-0.2, 0) is 32.5 Å². The summed E-state index contributed by atoms with van der Waals surface area (Å²) in [4.78, 5) is 29.1. The molecule has 34 heavy (non-hydrogen) atoms. The lowest BCUT2D eigenvalue weighted by molar-refractivity contribution is -0.139. The fourth-order valence-electron chi connectivity index (χ4n) is 4.19. The van der Waals surface area contributed by atoms with E-state index in [0.29, 0.717) is 45.4 Å². The zero-order chi connectivity index (χ0) is 24.0. The molecule has 7 nitrogen and oxygen atoms in total. The van der Waals surface area contributed by atoms with Crippen LogP contribution in [0, 0.1) is 0 Å². The van der Waals surface area contributed by atoms with Crippen LogP contribution in [0.25, 0.3) is 0 Å². The highest BCUT2D eigenvalue weighted by Crippen LogP contribution is 2.22. The van der Waals surface area contributed by atoms with Gasteiger partial charge >= 0.3 is 0 Å². The van der Waals surface area contributed by atoms with Crippen molar-refractivity contribution in [1.29, 1.82) is 0 Å². The summed E-state index contributed by atoms with van der Waals surface area (Å²) in [7, 11) is -3.45. The molecule has 1 saturated carbocycles. The highest BCUT2D eigenvalue weighted by molar-refractivity contribution is 7.89. The maximum atomic E-state index is 12.6. The molecule has 1 aliphatic carbocycles. The Morgan fingerprint density at radius 3 is 1.91 bits per heavy atom. The molecule has 1 saturated heterocycles. The van der Waals surface area contributed by atoms with E-state index in [1.807, 2.05) is 28.0 Å². The van der Waals surface area contributed by atoms with Crippen LogP contribution in [0.3, 0.4) is 0 Å². The molecule has 1 N–H and O–H groups in total. The second-order valence-electron chi connectivity index (χ2n) is 9.14. The number of piperazine rings is 1. The van der Waals surface area contributed by atoms with E-state index in [9.17, 15) is 18.0 Å². The molecule has 2 aliphatic rings. The first-order chi connectivity index (χ1) is 16.4. The largest absolute Gasteiger partial charge is 0.339 e. The summed E-state index contributed by atoms with van der Waals surface area (Å²) in [5.74, 6) is 0.234. The summed E-state index contributed by atoms with van der Waals surface area (Å²) in [6, 6.07) is 17.0. The van der Waals surface area contributed by atoms with Crippen molar-refractivity contribution >= 4 is 21.8 Å². The van der Waals surface area contributed by atoms with Gasteiger partial charge in [0.05, 0.1) is 4.90 Å². The van der Waals surface area contributed by atoms with Crippen LogP contribution >= 0.6 is 0 Å². The van der Waals surface area contributed by atoms with E-state index in [1.165, 1.54) is 5.56 Å². The van der Waals surface area contributed by atoms with Crippen LogP contribution in [-0.4, -0.2) is 62.3 Å². The summed E-state index contributed by atoms with van der Waals surface area (Å²) in [6.45, 7) is 2.29. The number of nitrogens with zero attached hydrogens (tertiary/aromatic N) is 2. The minimum atomic E-state index is -3.45. The first-order valence-electron chi connectivity index (χ1n) is 12.1. The Labute approximate surface area is 202 Å². The first-order valence-corrected chi connectivity index (χ1v) is 13.6. The van der Waals surface area contributed by atoms with Gasteiger partial charge in [-0.25, -0.2) is 13.1 Å². The molecular weight excluding hydrogens is 450 g/mol. The molecule has 0 spiro atoms. The average Bonchev–Trinajstić information content (AvgIpc) is 3.67. The minimum Gasteiger partial charge on any atom is -0.339 e. The monoisotopic (exact) mass is 483 g/mol. The van der Waals surface area contributed by atoms with Crippen LogP contribution in [0.15, 0.2) is 59.5 Å². The van der Waals surface area contributed by atoms with Gasteiger partial charge in [0.1, 0.15) is 0 Å². The van der Waals surface area contributed by atoms with Crippen molar-refractivity contribution < 1.29 is 18.0 Å². The molecule has 2 aromatic carbocycles. The Kier molecular flexibility index (Phi) is 8.00. The van der Waals surface area contributed by atoms with E-state index >= 15 is 0 Å². The summed E-state index contributed by atoms with van der Waals surface area (Å²) in [5.41, 5.74) is 2.18. The Balaban J connectivity index is 1.16. The Morgan fingerprint density at radius 1 is 0.765 bits per heavy atom. The number of nitrogens with one attached hydrogen (secondary N) is 1. The van der Waals surface area contributed by atoms with E-state index in [4.69, 9.17) is 0 Å². The van der Waals surface area contributed by atoms with Crippen molar-refractivity contribution in [3.8, 4) is 0 Å². The van der Waals surface area contributed by atoms with Crippen molar-refractivity contribution in [2.75, 3.05) is 26.2 Å². The number of carbonyl (C=O) groups is 2. The predicted octanol–water partition coefficient (Wildman–Crippen LogP) is 2.75. The molecule has 0 radical (unpaired) electrons. The summed E-state index contributed by atoms with van der Waals surface area (Å²) in [6.07, 6.45) is 5.00. The Hall–Kier alpha value is -2.71. The van der Waals surface area contributed by atoms with Gasteiger partial charge in [-0.3, -0.25) is 9.59 Å². The van der Waals surface area contributed by atoms with Crippen molar-refractivity contribution in [2.45, 2.75) is 55.9 Å². The van der Waals surface area contributed by atoms with E-state index in [1.54, 1.807) is 24.3 Å². The van der Waals surface area contributed by atoms with Crippen LogP contribution in [0.5, 0.6) is 0 Å². The van der Waals surface area contributed by atoms with E-state index < -0.39 is 10.0 Å². The molecule has 182 valence electrons. The van der Waals surface area contributed by atoms with Gasteiger partial charge < -0.3 is 9.80 Å². The van der Waals surface area contributed by atoms with Crippen molar-refractivity contribution in [2.24, 2.45) is 0 Å². The lowest BCUT2D eigenvalue weighted by Gasteiger charge is -2.35. The molecule has 1 aliphatic heterocycles. The Bertz CT molecular complexity index is 1070. The lowest BCUT2D eigenvalue weighted by Crippen LogP contribution is -2.50. The highest BCUT2D eigenvalue weighted by Gasteiger charge is 2.28. The van der Waals surface area contributed by atoms with Gasteiger partial charge in [-0.15, -0.1) is 0 Å². The van der Waals surface area contributed by atoms with Gasteiger partial charge in [-0.2, -0.15) is 0 Å². The zero-order valence-corrected chi connectivity index (χ0v) is 20.3. The topological polar surface area (TPSA) is 86.8 Å². The van der Waals surface area contributed by atoms with Gasteiger partial charge in [0.25, 0.3) is 0 Å². The molecule has 0 unspecified atom stereocenters. The van der Waals surface area contributed by atoms with Crippen molar-refractivity contribution in [1.82, 2.24) is 14.5 Å². The zero-order valence-electron chi connectivity index (χ0n) is 19.5. The summed E-state index contributed by atoms with van der Waals surface area (Å²) < 4.78 is 27.2. The van der Waals surface area contributed by atoms with Crippen molar-refractivity contribution in [3.05, 3.63) is 65.7 Å². The maximum absolute atomic E-state index is 12.6. The SMILES string of the molecule is O=C(CCCc1ccccc1)N1CCN(C(=O)CCc2ccc(S(=O)(=O)NC3CC3)cc2)CC1. The van der Waals surface area contributed by atoms with E-state index in [2.05, 4.69) is 16.9 Å². The number of hydrogen-bond acceptors (Lipinski definition) is 4. The van der Waals surface area contributed by atoms with E-state index in [-0.39, 0.29) is 22.8 Å². The minimum absolute atomic E-state index is 0.0725. The fourth-order valence-corrected chi connectivity index (χ4v) is 5.49. The fraction of sp³-hybridized carbons (Fsp3) is 0.462. The smallest absolute Gasteiger partial charge is 0.240 e. The number of amides is 2. The van der Waals surface area contributed by atoms with Crippen LogP contribution in [0.4, 0.5) is 0 Å². The second kappa shape index (κ2) is 11.1. The van der Waals surface area contributed by atoms with Crippen LogP contribution in [0.2, 0.25) is 0 Å². The van der Waals surface area contributed by atoms with Gasteiger partial charge in [0.15, 0.2) is 0 Å². The third kappa shape index (κ3) is 6.90. The van der Waals surface area contributed by atoms with Gasteiger partial charge in [-0.05, 0) is 55.4 Å². The standard InChI is InChI=1S/C26H33N3O4S/c30-25(8-4-7-21-5-2-1-3-6-21)28-17-19-29(20-18-28)26(31)16-11-22-9-14-24(15-10-22)34(32,33)27-23-12-13-23/h1-3,5-6,9-10,14-15,23,27H,4,7-8,11-13,16-20H2. The van der Waals surface area contributed by atoms with Gasteiger partial charge in [0, 0.05) is 45.1 Å². The molecule has 0 atom stereocenters. The van der Waals surface area contributed by atoms with Gasteiger partial charge in [0.2, 0.25) is 21.8 Å². The normalized spacial score (nSPS) is 16.5. The highest BCUT2D eigenvalue weighted by atomic mass is 32.2. The van der Waals surface area contributed by atoms with E-state index in [0.717, 1.165) is 31.2 Å². The molecule has 2 fully saturated rings.